The number of anilines is 1. The number of aryl methyl sites for hydroxylation is 1. The second kappa shape index (κ2) is 5.63. The van der Waals surface area contributed by atoms with Gasteiger partial charge in [0.25, 0.3) is 10.0 Å². The second-order valence-electron chi connectivity index (χ2n) is 4.11. The summed E-state index contributed by atoms with van der Waals surface area (Å²) in [6, 6.07) is 13.4. The summed E-state index contributed by atoms with van der Waals surface area (Å²) in [6.07, 6.45) is 0.877. The molecule has 0 fully saturated rings. The molecular weight excluding hydrogens is 282 g/mol. The van der Waals surface area contributed by atoms with E-state index in [-0.39, 0.29) is 4.90 Å². The fraction of sp³-hybridized carbons (Fsp3) is 0.143. The van der Waals surface area contributed by atoms with Gasteiger partial charge in [0.05, 0.1) is 10.6 Å². The first-order valence-electron chi connectivity index (χ1n) is 5.88. The first kappa shape index (κ1) is 13.9. The van der Waals surface area contributed by atoms with Crippen LogP contribution in [0.2, 0.25) is 5.02 Å². The van der Waals surface area contributed by atoms with E-state index in [1.54, 1.807) is 36.4 Å². The van der Waals surface area contributed by atoms with Crippen LogP contribution in [0.3, 0.4) is 0 Å². The lowest BCUT2D eigenvalue weighted by molar-refractivity contribution is 0.601. The first-order chi connectivity index (χ1) is 9.01. The quantitative estimate of drug-likeness (QED) is 0.935. The van der Waals surface area contributed by atoms with Crippen LogP contribution in [0.5, 0.6) is 0 Å². The Labute approximate surface area is 118 Å². The Morgan fingerprint density at radius 2 is 1.79 bits per heavy atom. The lowest BCUT2D eigenvalue weighted by Crippen LogP contribution is -2.12. The van der Waals surface area contributed by atoms with E-state index in [2.05, 4.69) is 4.72 Å². The number of rotatable bonds is 4. The Kier molecular flexibility index (Phi) is 4.12. The number of hydrogen-bond acceptors (Lipinski definition) is 2. The summed E-state index contributed by atoms with van der Waals surface area (Å²) in [4.78, 5) is 0.240. The smallest absolute Gasteiger partial charge is 0.261 e. The van der Waals surface area contributed by atoms with Crippen LogP contribution >= 0.6 is 11.6 Å². The Morgan fingerprint density at radius 1 is 1.11 bits per heavy atom. The summed E-state index contributed by atoms with van der Waals surface area (Å²) in [5, 5.41) is 0.488. The molecule has 3 nitrogen and oxygen atoms in total. The molecule has 0 spiro atoms. The summed E-state index contributed by atoms with van der Waals surface area (Å²) in [5.74, 6) is 0. The summed E-state index contributed by atoms with van der Waals surface area (Å²) in [7, 11) is -3.56. The van der Waals surface area contributed by atoms with Gasteiger partial charge in [0, 0.05) is 5.02 Å². The zero-order valence-corrected chi connectivity index (χ0v) is 12.0. The lowest BCUT2D eigenvalue weighted by atomic mass is 10.2. The number of halogens is 1. The van der Waals surface area contributed by atoms with Crippen molar-refractivity contribution in [3.63, 3.8) is 0 Å². The van der Waals surface area contributed by atoms with Gasteiger partial charge in [0.2, 0.25) is 0 Å². The Balaban J connectivity index is 2.27. The van der Waals surface area contributed by atoms with Gasteiger partial charge in [0.1, 0.15) is 0 Å². The standard InChI is InChI=1S/C14H14ClNO2S/c1-2-11-6-8-14(9-7-11)19(17,18)16-13-5-3-4-12(15)10-13/h3-10,16H,2H2,1H3. The van der Waals surface area contributed by atoms with Crippen molar-refractivity contribution in [2.75, 3.05) is 4.72 Å². The molecule has 0 atom stereocenters. The highest BCUT2D eigenvalue weighted by Crippen LogP contribution is 2.19. The van der Waals surface area contributed by atoms with Crippen molar-refractivity contribution in [1.82, 2.24) is 0 Å². The maximum atomic E-state index is 12.2. The van der Waals surface area contributed by atoms with Crippen LogP contribution in [0.4, 0.5) is 5.69 Å². The lowest BCUT2D eigenvalue weighted by Gasteiger charge is -2.08. The molecule has 0 saturated heterocycles. The Morgan fingerprint density at radius 3 is 2.37 bits per heavy atom. The van der Waals surface area contributed by atoms with Gasteiger partial charge >= 0.3 is 0 Å². The monoisotopic (exact) mass is 295 g/mol. The van der Waals surface area contributed by atoms with E-state index in [0.29, 0.717) is 10.7 Å². The third-order valence-electron chi connectivity index (χ3n) is 2.72. The Bertz CT molecular complexity index is 666. The van der Waals surface area contributed by atoms with Crippen LogP contribution in [-0.4, -0.2) is 8.42 Å². The molecule has 0 bridgehead atoms. The third-order valence-corrected chi connectivity index (χ3v) is 4.35. The molecule has 19 heavy (non-hydrogen) atoms. The van der Waals surface area contributed by atoms with E-state index < -0.39 is 10.0 Å². The SMILES string of the molecule is CCc1ccc(S(=O)(=O)Nc2cccc(Cl)c2)cc1. The molecule has 2 aromatic carbocycles. The van der Waals surface area contributed by atoms with Crippen molar-refractivity contribution in [2.45, 2.75) is 18.2 Å². The highest BCUT2D eigenvalue weighted by Gasteiger charge is 2.13. The second-order valence-corrected chi connectivity index (χ2v) is 6.23. The van der Waals surface area contributed by atoms with Crippen LogP contribution in [-0.2, 0) is 16.4 Å². The fourth-order valence-electron chi connectivity index (χ4n) is 1.67. The van der Waals surface area contributed by atoms with E-state index in [1.807, 2.05) is 19.1 Å². The zero-order valence-electron chi connectivity index (χ0n) is 10.4. The molecule has 0 unspecified atom stereocenters. The van der Waals surface area contributed by atoms with Crippen LogP contribution in [0.15, 0.2) is 53.4 Å². The van der Waals surface area contributed by atoms with Gasteiger partial charge in [0.15, 0.2) is 0 Å². The highest BCUT2D eigenvalue weighted by atomic mass is 35.5. The normalized spacial score (nSPS) is 11.3. The molecule has 0 amide bonds. The largest absolute Gasteiger partial charge is 0.280 e. The van der Waals surface area contributed by atoms with Crippen molar-refractivity contribution in [1.29, 1.82) is 0 Å². The van der Waals surface area contributed by atoms with Gasteiger partial charge < -0.3 is 0 Å². The van der Waals surface area contributed by atoms with E-state index >= 15 is 0 Å². The molecule has 5 heteroatoms. The third kappa shape index (κ3) is 3.49. The molecule has 0 aliphatic carbocycles. The molecule has 0 radical (unpaired) electrons. The molecule has 0 heterocycles. The van der Waals surface area contributed by atoms with E-state index in [1.165, 1.54) is 0 Å². The molecular formula is C14H14ClNO2S. The molecule has 2 rings (SSSR count). The van der Waals surface area contributed by atoms with Gasteiger partial charge in [-0.25, -0.2) is 8.42 Å². The molecule has 0 saturated carbocycles. The average Bonchev–Trinajstić information content (AvgIpc) is 2.38. The first-order valence-corrected chi connectivity index (χ1v) is 7.75. The van der Waals surface area contributed by atoms with Gasteiger partial charge in [-0.3, -0.25) is 4.72 Å². The van der Waals surface area contributed by atoms with Gasteiger partial charge in [-0.05, 0) is 42.3 Å². The maximum absolute atomic E-state index is 12.2. The van der Waals surface area contributed by atoms with Crippen molar-refractivity contribution >= 4 is 27.3 Å². The van der Waals surface area contributed by atoms with Crippen LogP contribution < -0.4 is 4.72 Å². The summed E-state index contributed by atoms with van der Waals surface area (Å²) in [6.45, 7) is 2.02. The minimum Gasteiger partial charge on any atom is -0.280 e. The van der Waals surface area contributed by atoms with Gasteiger partial charge in [-0.2, -0.15) is 0 Å². The van der Waals surface area contributed by atoms with E-state index in [0.717, 1.165) is 12.0 Å². The van der Waals surface area contributed by atoms with Crippen molar-refractivity contribution < 1.29 is 8.42 Å². The topological polar surface area (TPSA) is 46.2 Å². The summed E-state index contributed by atoms with van der Waals surface area (Å²) < 4.78 is 26.8. The molecule has 0 aliphatic heterocycles. The average molecular weight is 296 g/mol. The minimum atomic E-state index is -3.56. The summed E-state index contributed by atoms with van der Waals surface area (Å²) in [5.41, 5.74) is 1.55. The maximum Gasteiger partial charge on any atom is 0.261 e. The van der Waals surface area contributed by atoms with E-state index in [4.69, 9.17) is 11.6 Å². The van der Waals surface area contributed by atoms with Crippen LogP contribution in [0.25, 0.3) is 0 Å². The molecule has 100 valence electrons. The molecule has 0 aliphatic rings. The minimum absolute atomic E-state index is 0.240. The molecule has 2 aromatic rings. The number of nitrogens with one attached hydrogen (secondary N) is 1. The fourth-order valence-corrected chi connectivity index (χ4v) is 2.91. The van der Waals surface area contributed by atoms with Crippen LogP contribution in [0.1, 0.15) is 12.5 Å². The highest BCUT2D eigenvalue weighted by molar-refractivity contribution is 7.92. The molecule has 1 N–H and O–H groups in total. The Hall–Kier alpha value is -1.52. The predicted molar refractivity (Wildman–Crippen MR) is 78.1 cm³/mol. The van der Waals surface area contributed by atoms with Gasteiger partial charge in [-0.15, -0.1) is 0 Å². The number of benzene rings is 2. The number of hydrogen-bond donors (Lipinski definition) is 1. The predicted octanol–water partition coefficient (Wildman–Crippen LogP) is 3.70. The van der Waals surface area contributed by atoms with Gasteiger partial charge in [-0.1, -0.05) is 36.7 Å². The van der Waals surface area contributed by atoms with Crippen molar-refractivity contribution in [2.24, 2.45) is 0 Å². The number of sulfonamides is 1. The summed E-state index contributed by atoms with van der Waals surface area (Å²) >= 11 is 5.82. The van der Waals surface area contributed by atoms with Crippen LogP contribution in [0, 0.1) is 0 Å². The van der Waals surface area contributed by atoms with Crippen molar-refractivity contribution in [3.05, 3.63) is 59.1 Å². The molecule has 0 aromatic heterocycles. The van der Waals surface area contributed by atoms with E-state index in [9.17, 15) is 8.42 Å². The zero-order chi connectivity index (χ0) is 13.9. The van der Waals surface area contributed by atoms with Crippen molar-refractivity contribution in [3.8, 4) is 0 Å².